The molecule has 0 saturated carbocycles. The Hall–Kier alpha value is -2.30. The molecule has 0 radical (unpaired) electrons. The third kappa shape index (κ3) is 2.79. The van der Waals surface area contributed by atoms with Crippen LogP contribution in [0.2, 0.25) is 0 Å². The summed E-state index contributed by atoms with van der Waals surface area (Å²) in [6.45, 7) is 6.04. The van der Waals surface area contributed by atoms with E-state index in [9.17, 15) is 4.79 Å². The van der Waals surface area contributed by atoms with Crippen LogP contribution in [0.25, 0.3) is 0 Å². The van der Waals surface area contributed by atoms with Gasteiger partial charge in [-0.05, 0) is 26.3 Å². The minimum atomic E-state index is -0.392. The smallest absolute Gasteiger partial charge is 0.227 e. The molecule has 0 saturated heterocycles. The third-order valence-electron chi connectivity index (χ3n) is 4.89. The van der Waals surface area contributed by atoms with Gasteiger partial charge in [-0.1, -0.05) is 18.2 Å². The predicted octanol–water partition coefficient (Wildman–Crippen LogP) is 2.65. The Morgan fingerprint density at radius 2 is 2.17 bits per heavy atom. The number of carbonyl (C=O) groups is 1. The van der Waals surface area contributed by atoms with Gasteiger partial charge >= 0.3 is 0 Å². The Morgan fingerprint density at radius 3 is 3.04 bits per heavy atom. The van der Waals surface area contributed by atoms with Crippen molar-refractivity contribution < 1.29 is 9.53 Å². The minimum Gasteiger partial charge on any atom is -0.486 e. The number of carbonyl (C=O) groups excluding carboxylic acids is 1. The number of ether oxygens (including phenoxy) is 1. The molecular weight excluding hydrogens is 302 g/mol. The fourth-order valence-corrected chi connectivity index (χ4v) is 3.77. The lowest BCUT2D eigenvalue weighted by molar-refractivity contribution is -0.139. The number of imidazole rings is 1. The summed E-state index contributed by atoms with van der Waals surface area (Å²) >= 11 is 0. The minimum absolute atomic E-state index is 0.0211. The number of benzene rings is 1. The molecule has 1 atom stereocenters. The normalized spacial score (nSPS) is 22.1. The van der Waals surface area contributed by atoms with Crippen LogP contribution in [-0.4, -0.2) is 32.5 Å². The first-order valence-corrected chi connectivity index (χ1v) is 8.57. The first-order valence-electron chi connectivity index (χ1n) is 8.57. The molecule has 0 N–H and O–H groups in total. The number of para-hydroxylation sites is 1. The number of amides is 1. The van der Waals surface area contributed by atoms with Gasteiger partial charge in [-0.25, -0.2) is 4.98 Å². The number of hydrogen-bond acceptors (Lipinski definition) is 3. The van der Waals surface area contributed by atoms with Crippen molar-refractivity contribution in [2.45, 2.75) is 45.4 Å². The van der Waals surface area contributed by atoms with E-state index in [2.05, 4.69) is 9.55 Å². The molecule has 2 aliphatic rings. The van der Waals surface area contributed by atoms with E-state index in [1.807, 2.05) is 55.4 Å². The number of hydrogen-bond donors (Lipinski definition) is 0. The van der Waals surface area contributed by atoms with E-state index in [1.165, 1.54) is 0 Å². The monoisotopic (exact) mass is 325 g/mol. The highest BCUT2D eigenvalue weighted by Crippen LogP contribution is 2.31. The van der Waals surface area contributed by atoms with Crippen LogP contribution in [0, 0.1) is 5.92 Å². The zero-order chi connectivity index (χ0) is 16.7. The van der Waals surface area contributed by atoms with Crippen molar-refractivity contribution in [3.63, 3.8) is 0 Å². The molecule has 0 spiro atoms. The molecule has 24 heavy (non-hydrogen) atoms. The molecule has 1 amide bonds. The Balaban J connectivity index is 1.58. The van der Waals surface area contributed by atoms with E-state index in [0.29, 0.717) is 13.1 Å². The summed E-state index contributed by atoms with van der Waals surface area (Å²) in [5.74, 6) is 2.22. The van der Waals surface area contributed by atoms with E-state index in [-0.39, 0.29) is 11.8 Å². The van der Waals surface area contributed by atoms with Gasteiger partial charge in [0.1, 0.15) is 17.2 Å². The van der Waals surface area contributed by atoms with Gasteiger partial charge in [-0.15, -0.1) is 0 Å². The van der Waals surface area contributed by atoms with Crippen LogP contribution >= 0.6 is 0 Å². The fraction of sp³-hybridized carbons (Fsp3) is 0.474. The average molecular weight is 325 g/mol. The van der Waals surface area contributed by atoms with E-state index in [4.69, 9.17) is 4.74 Å². The quantitative estimate of drug-likeness (QED) is 0.810. The average Bonchev–Trinajstić information content (AvgIpc) is 2.96. The van der Waals surface area contributed by atoms with Crippen molar-refractivity contribution in [1.82, 2.24) is 14.5 Å². The first-order chi connectivity index (χ1) is 11.5. The van der Waals surface area contributed by atoms with Gasteiger partial charge in [0.15, 0.2) is 0 Å². The van der Waals surface area contributed by atoms with Crippen molar-refractivity contribution in [2.24, 2.45) is 5.92 Å². The molecule has 1 aromatic heterocycles. The molecule has 1 aromatic carbocycles. The summed E-state index contributed by atoms with van der Waals surface area (Å²) in [6.07, 6.45) is 5.53. The second kappa shape index (κ2) is 5.65. The topological polar surface area (TPSA) is 47.4 Å². The molecule has 5 heteroatoms. The second-order valence-corrected chi connectivity index (χ2v) is 7.40. The van der Waals surface area contributed by atoms with Crippen LogP contribution in [0.3, 0.4) is 0 Å². The van der Waals surface area contributed by atoms with Gasteiger partial charge in [-0.3, -0.25) is 4.79 Å². The fourth-order valence-electron chi connectivity index (χ4n) is 3.77. The zero-order valence-electron chi connectivity index (χ0n) is 14.2. The number of nitrogens with zero attached hydrogens (tertiary/aromatic N) is 3. The van der Waals surface area contributed by atoms with Gasteiger partial charge in [0.05, 0.1) is 12.5 Å². The van der Waals surface area contributed by atoms with Crippen molar-refractivity contribution in [3.05, 3.63) is 48.0 Å². The van der Waals surface area contributed by atoms with Crippen molar-refractivity contribution in [3.8, 4) is 5.75 Å². The Kier molecular flexibility index (Phi) is 3.59. The maximum atomic E-state index is 13.2. The molecule has 3 heterocycles. The van der Waals surface area contributed by atoms with Crippen LogP contribution in [0.5, 0.6) is 5.75 Å². The lowest BCUT2D eigenvalue weighted by Gasteiger charge is -2.33. The summed E-state index contributed by atoms with van der Waals surface area (Å²) in [5, 5.41) is 0. The standard InChI is InChI=1S/C19H23N3O2/c1-19(2)13-22(11-14-5-3-4-6-16(14)24-19)18(23)15-7-8-17-20-9-10-21(17)12-15/h3-6,9-10,15H,7-8,11-13H2,1-2H3. The summed E-state index contributed by atoms with van der Waals surface area (Å²) in [5.41, 5.74) is 0.687. The van der Waals surface area contributed by atoms with Gasteiger partial charge < -0.3 is 14.2 Å². The Labute approximate surface area is 142 Å². The molecular formula is C19H23N3O2. The van der Waals surface area contributed by atoms with Crippen LogP contribution in [0.4, 0.5) is 0 Å². The van der Waals surface area contributed by atoms with Crippen LogP contribution in [0.15, 0.2) is 36.7 Å². The second-order valence-electron chi connectivity index (χ2n) is 7.40. The summed E-state index contributed by atoms with van der Waals surface area (Å²) in [4.78, 5) is 19.5. The molecule has 0 aliphatic carbocycles. The van der Waals surface area contributed by atoms with Crippen LogP contribution < -0.4 is 4.74 Å². The summed E-state index contributed by atoms with van der Waals surface area (Å²) < 4.78 is 8.26. The maximum Gasteiger partial charge on any atom is 0.227 e. The SMILES string of the molecule is CC1(C)CN(C(=O)C2CCc3nccn3C2)Cc2ccccc2O1. The molecule has 2 aromatic rings. The van der Waals surface area contributed by atoms with Crippen molar-refractivity contribution in [1.29, 1.82) is 0 Å². The van der Waals surface area contributed by atoms with Crippen LogP contribution in [0.1, 0.15) is 31.7 Å². The highest BCUT2D eigenvalue weighted by atomic mass is 16.5. The Bertz CT molecular complexity index is 765. The molecule has 0 fully saturated rings. The van der Waals surface area contributed by atoms with Gasteiger partial charge in [-0.2, -0.15) is 0 Å². The molecule has 0 bridgehead atoms. The Morgan fingerprint density at radius 1 is 1.33 bits per heavy atom. The van der Waals surface area contributed by atoms with Gasteiger partial charge in [0.2, 0.25) is 5.91 Å². The number of rotatable bonds is 1. The number of fused-ring (bicyclic) bond motifs is 2. The zero-order valence-corrected chi connectivity index (χ0v) is 14.2. The molecule has 1 unspecified atom stereocenters. The highest BCUT2D eigenvalue weighted by Gasteiger charge is 2.35. The lowest BCUT2D eigenvalue weighted by atomic mass is 9.97. The van der Waals surface area contributed by atoms with Gasteiger partial charge in [0.25, 0.3) is 0 Å². The van der Waals surface area contributed by atoms with Gasteiger partial charge in [0, 0.05) is 37.5 Å². The molecule has 5 nitrogen and oxygen atoms in total. The molecule has 4 rings (SSSR count). The van der Waals surface area contributed by atoms with Crippen molar-refractivity contribution >= 4 is 5.91 Å². The summed E-state index contributed by atoms with van der Waals surface area (Å²) in [6, 6.07) is 8.02. The molecule has 2 aliphatic heterocycles. The first kappa shape index (κ1) is 15.2. The van der Waals surface area contributed by atoms with E-state index in [0.717, 1.165) is 36.5 Å². The third-order valence-corrected chi connectivity index (χ3v) is 4.89. The van der Waals surface area contributed by atoms with E-state index < -0.39 is 5.60 Å². The van der Waals surface area contributed by atoms with Crippen LogP contribution in [-0.2, 0) is 24.3 Å². The maximum absolute atomic E-state index is 13.2. The van der Waals surface area contributed by atoms with Crippen molar-refractivity contribution in [2.75, 3.05) is 6.54 Å². The van der Waals surface area contributed by atoms with E-state index in [1.54, 1.807) is 0 Å². The summed E-state index contributed by atoms with van der Waals surface area (Å²) in [7, 11) is 0. The largest absolute Gasteiger partial charge is 0.486 e. The number of aromatic nitrogens is 2. The molecule has 126 valence electrons. The lowest BCUT2D eigenvalue weighted by Crippen LogP contribution is -2.46. The predicted molar refractivity (Wildman–Crippen MR) is 90.6 cm³/mol. The highest BCUT2D eigenvalue weighted by molar-refractivity contribution is 5.79. The van der Waals surface area contributed by atoms with E-state index >= 15 is 0 Å². The number of aryl methyl sites for hydroxylation is 1.